The quantitative estimate of drug-likeness (QED) is 0.536. The summed E-state index contributed by atoms with van der Waals surface area (Å²) < 4.78 is 25.9. The topological polar surface area (TPSA) is 86.8 Å². The van der Waals surface area contributed by atoms with Gasteiger partial charge in [0.25, 0.3) is 0 Å². The minimum Gasteiger partial charge on any atom is -0.354 e. The zero-order valence-corrected chi connectivity index (χ0v) is 20.2. The summed E-state index contributed by atoms with van der Waals surface area (Å²) in [6.45, 7) is 3.90. The van der Waals surface area contributed by atoms with Gasteiger partial charge in [-0.25, -0.2) is 8.42 Å². The van der Waals surface area contributed by atoms with Crippen LogP contribution >= 0.6 is 11.6 Å². The minimum atomic E-state index is -3.80. The molecule has 0 heterocycles. The number of nitrogens with zero attached hydrogens (tertiary/aromatic N) is 2. The molecule has 1 N–H and O–H groups in total. The number of sulfonamides is 1. The van der Waals surface area contributed by atoms with E-state index in [9.17, 15) is 18.0 Å². The number of anilines is 1. The average molecular weight is 480 g/mol. The number of para-hydroxylation sites is 1. The third-order valence-corrected chi connectivity index (χ3v) is 6.45. The van der Waals surface area contributed by atoms with Crippen LogP contribution in [0.4, 0.5) is 5.69 Å². The van der Waals surface area contributed by atoms with Crippen LogP contribution in [-0.4, -0.2) is 57.1 Å². The zero-order valence-electron chi connectivity index (χ0n) is 18.6. The van der Waals surface area contributed by atoms with Crippen molar-refractivity contribution < 1.29 is 18.0 Å². The SMILES string of the molecule is CCCNC(=O)C(C)N(CCc1ccccc1)C(=O)CN(c1ccccc1Cl)S(C)(=O)=O. The number of benzene rings is 2. The van der Waals surface area contributed by atoms with Crippen LogP contribution in [0.1, 0.15) is 25.8 Å². The van der Waals surface area contributed by atoms with Gasteiger partial charge in [-0.3, -0.25) is 13.9 Å². The number of hydrogen-bond acceptors (Lipinski definition) is 4. The molecule has 0 saturated carbocycles. The van der Waals surface area contributed by atoms with Crippen LogP contribution in [0, 0.1) is 0 Å². The van der Waals surface area contributed by atoms with Crippen LogP contribution in [0.25, 0.3) is 0 Å². The molecule has 0 aliphatic rings. The molecule has 2 aromatic carbocycles. The van der Waals surface area contributed by atoms with Crippen LogP contribution < -0.4 is 9.62 Å². The Labute approximate surface area is 195 Å². The molecular weight excluding hydrogens is 450 g/mol. The van der Waals surface area contributed by atoms with Crippen molar-refractivity contribution in [3.63, 3.8) is 0 Å². The molecule has 2 rings (SSSR count). The summed E-state index contributed by atoms with van der Waals surface area (Å²) in [6, 6.07) is 15.3. The Morgan fingerprint density at radius 3 is 2.28 bits per heavy atom. The highest BCUT2D eigenvalue weighted by Gasteiger charge is 2.30. The molecule has 0 aliphatic heterocycles. The lowest BCUT2D eigenvalue weighted by Gasteiger charge is -2.31. The maximum absolute atomic E-state index is 13.3. The number of rotatable bonds is 11. The van der Waals surface area contributed by atoms with Gasteiger partial charge in [0, 0.05) is 13.1 Å². The fourth-order valence-corrected chi connectivity index (χ4v) is 4.36. The van der Waals surface area contributed by atoms with Crippen molar-refractivity contribution in [1.82, 2.24) is 10.2 Å². The molecule has 0 aromatic heterocycles. The maximum Gasteiger partial charge on any atom is 0.244 e. The summed E-state index contributed by atoms with van der Waals surface area (Å²) >= 11 is 6.20. The summed E-state index contributed by atoms with van der Waals surface area (Å²) in [5.74, 6) is -0.762. The first-order valence-electron chi connectivity index (χ1n) is 10.5. The van der Waals surface area contributed by atoms with Crippen molar-refractivity contribution in [2.24, 2.45) is 0 Å². The van der Waals surface area contributed by atoms with Crippen LogP contribution in [-0.2, 0) is 26.0 Å². The van der Waals surface area contributed by atoms with Gasteiger partial charge in [-0.1, -0.05) is 61.0 Å². The Balaban J connectivity index is 2.29. The highest BCUT2D eigenvalue weighted by atomic mass is 35.5. The van der Waals surface area contributed by atoms with Gasteiger partial charge in [0.05, 0.1) is 17.0 Å². The van der Waals surface area contributed by atoms with E-state index in [0.717, 1.165) is 22.5 Å². The molecule has 0 spiro atoms. The van der Waals surface area contributed by atoms with E-state index in [1.54, 1.807) is 31.2 Å². The highest BCUT2D eigenvalue weighted by Crippen LogP contribution is 2.27. The molecule has 174 valence electrons. The predicted octanol–water partition coefficient (Wildman–Crippen LogP) is 3.09. The van der Waals surface area contributed by atoms with Crippen molar-refractivity contribution in [1.29, 1.82) is 0 Å². The molecule has 1 atom stereocenters. The van der Waals surface area contributed by atoms with Gasteiger partial charge < -0.3 is 10.2 Å². The summed E-state index contributed by atoms with van der Waals surface area (Å²) in [7, 11) is -3.80. The molecule has 7 nitrogen and oxygen atoms in total. The number of halogens is 1. The van der Waals surface area contributed by atoms with Crippen LogP contribution in [0.3, 0.4) is 0 Å². The predicted molar refractivity (Wildman–Crippen MR) is 128 cm³/mol. The molecular formula is C23H30ClN3O4S. The summed E-state index contributed by atoms with van der Waals surface area (Å²) in [6.07, 6.45) is 2.32. The summed E-state index contributed by atoms with van der Waals surface area (Å²) in [5, 5.41) is 3.02. The van der Waals surface area contributed by atoms with Crippen molar-refractivity contribution in [2.45, 2.75) is 32.7 Å². The van der Waals surface area contributed by atoms with E-state index < -0.39 is 28.5 Å². The van der Waals surface area contributed by atoms with Crippen LogP contribution in [0.5, 0.6) is 0 Å². The normalized spacial score (nSPS) is 12.1. The van der Waals surface area contributed by atoms with Gasteiger partial charge in [0.1, 0.15) is 12.6 Å². The molecule has 0 bridgehead atoms. The molecule has 0 radical (unpaired) electrons. The monoisotopic (exact) mass is 479 g/mol. The second kappa shape index (κ2) is 11.9. The fourth-order valence-electron chi connectivity index (χ4n) is 3.21. The lowest BCUT2D eigenvalue weighted by Crippen LogP contribution is -2.52. The van der Waals surface area contributed by atoms with E-state index in [0.29, 0.717) is 13.0 Å². The van der Waals surface area contributed by atoms with Gasteiger partial charge in [0.2, 0.25) is 21.8 Å². The van der Waals surface area contributed by atoms with Crippen molar-refractivity contribution >= 4 is 39.1 Å². The van der Waals surface area contributed by atoms with E-state index in [2.05, 4.69) is 5.32 Å². The molecule has 0 saturated heterocycles. The second-order valence-corrected chi connectivity index (χ2v) is 9.82. The molecule has 0 fully saturated rings. The minimum absolute atomic E-state index is 0.218. The van der Waals surface area contributed by atoms with Crippen LogP contribution in [0.15, 0.2) is 54.6 Å². The first-order chi connectivity index (χ1) is 15.1. The van der Waals surface area contributed by atoms with E-state index in [1.807, 2.05) is 37.3 Å². The van der Waals surface area contributed by atoms with Crippen molar-refractivity contribution in [2.75, 3.05) is 30.2 Å². The van der Waals surface area contributed by atoms with Crippen molar-refractivity contribution in [3.05, 3.63) is 65.2 Å². The third kappa shape index (κ3) is 7.24. The van der Waals surface area contributed by atoms with Gasteiger partial charge >= 0.3 is 0 Å². The van der Waals surface area contributed by atoms with Crippen LogP contribution in [0.2, 0.25) is 5.02 Å². The Morgan fingerprint density at radius 1 is 1.06 bits per heavy atom. The zero-order chi connectivity index (χ0) is 23.7. The fraction of sp³-hybridized carbons (Fsp3) is 0.391. The third-order valence-electron chi connectivity index (χ3n) is 5.00. The number of nitrogens with one attached hydrogen (secondary N) is 1. The van der Waals surface area contributed by atoms with Gasteiger partial charge in [-0.2, -0.15) is 0 Å². The maximum atomic E-state index is 13.3. The van der Waals surface area contributed by atoms with E-state index in [-0.39, 0.29) is 23.2 Å². The highest BCUT2D eigenvalue weighted by molar-refractivity contribution is 7.92. The average Bonchev–Trinajstić information content (AvgIpc) is 2.76. The Bertz CT molecular complexity index is 1010. The van der Waals surface area contributed by atoms with Gasteiger partial charge in [-0.15, -0.1) is 0 Å². The number of amides is 2. The standard InChI is InChI=1S/C23H30ClN3O4S/c1-4-15-25-23(29)18(2)26(16-14-19-10-6-5-7-11-19)22(28)17-27(32(3,30)31)21-13-9-8-12-20(21)24/h5-13,18H,4,14-17H2,1-3H3,(H,25,29). The summed E-state index contributed by atoms with van der Waals surface area (Å²) in [5.41, 5.74) is 1.23. The number of hydrogen-bond donors (Lipinski definition) is 1. The lowest BCUT2D eigenvalue weighted by molar-refractivity contribution is -0.138. The van der Waals surface area contributed by atoms with Crippen molar-refractivity contribution in [3.8, 4) is 0 Å². The second-order valence-electron chi connectivity index (χ2n) is 7.51. The summed E-state index contributed by atoms with van der Waals surface area (Å²) in [4.78, 5) is 27.4. The smallest absolute Gasteiger partial charge is 0.244 e. The van der Waals surface area contributed by atoms with Gasteiger partial charge in [-0.05, 0) is 37.5 Å². The van der Waals surface area contributed by atoms with E-state index in [4.69, 9.17) is 11.6 Å². The first kappa shape index (κ1) is 25.7. The molecule has 2 aromatic rings. The van der Waals surface area contributed by atoms with E-state index >= 15 is 0 Å². The molecule has 32 heavy (non-hydrogen) atoms. The Kier molecular flexibility index (Phi) is 9.53. The number of carbonyl (C=O) groups excluding carboxylic acids is 2. The Morgan fingerprint density at radius 2 is 1.69 bits per heavy atom. The van der Waals surface area contributed by atoms with Gasteiger partial charge in [0.15, 0.2) is 0 Å². The van der Waals surface area contributed by atoms with E-state index in [1.165, 1.54) is 4.90 Å². The first-order valence-corrected chi connectivity index (χ1v) is 12.7. The molecule has 9 heteroatoms. The molecule has 1 unspecified atom stereocenters. The lowest BCUT2D eigenvalue weighted by atomic mass is 10.1. The largest absolute Gasteiger partial charge is 0.354 e. The molecule has 2 amide bonds. The Hall–Kier alpha value is -2.58. The molecule has 0 aliphatic carbocycles. The number of carbonyl (C=O) groups is 2.